The first-order chi connectivity index (χ1) is 14.7. The minimum atomic E-state index is -0.528. The standard InChI is InChI=1S/C23H28N2O5/c1-27-21-11-6-17(14-22(21)28-2)4-3-5-18(26)15-29-19-7-9-20(10-8-19)30-16-23-24-12-13-25-23/h6-14,18,26H,3-5,15-16H2,1-2H3,(H,24,25)/t18-/m0/s1. The van der Waals surface area contributed by atoms with Gasteiger partial charge >= 0.3 is 0 Å². The molecule has 0 bridgehead atoms. The molecule has 0 fully saturated rings. The highest BCUT2D eigenvalue weighted by Gasteiger charge is 2.08. The predicted octanol–water partition coefficient (Wildman–Crippen LogP) is 3.77. The van der Waals surface area contributed by atoms with Crippen molar-refractivity contribution in [3.05, 3.63) is 66.2 Å². The van der Waals surface area contributed by atoms with Crippen LogP contribution in [-0.4, -0.2) is 42.0 Å². The summed E-state index contributed by atoms with van der Waals surface area (Å²) in [6.07, 6.45) is 5.26. The fourth-order valence-electron chi connectivity index (χ4n) is 3.01. The molecule has 0 aliphatic rings. The van der Waals surface area contributed by atoms with E-state index in [1.54, 1.807) is 26.6 Å². The van der Waals surface area contributed by atoms with Crippen molar-refractivity contribution >= 4 is 0 Å². The molecule has 3 rings (SSSR count). The van der Waals surface area contributed by atoms with E-state index in [0.29, 0.717) is 24.5 Å². The lowest BCUT2D eigenvalue weighted by molar-refractivity contribution is 0.0982. The largest absolute Gasteiger partial charge is 0.493 e. The number of H-pyrrole nitrogens is 1. The summed E-state index contributed by atoms with van der Waals surface area (Å²) in [6, 6.07) is 13.2. The zero-order valence-corrected chi connectivity index (χ0v) is 17.3. The number of aliphatic hydroxyl groups excluding tert-OH is 1. The zero-order valence-electron chi connectivity index (χ0n) is 17.3. The average molecular weight is 412 g/mol. The van der Waals surface area contributed by atoms with E-state index in [4.69, 9.17) is 18.9 Å². The molecule has 0 aliphatic heterocycles. The van der Waals surface area contributed by atoms with Crippen molar-refractivity contribution in [3.8, 4) is 23.0 Å². The molecule has 0 saturated heterocycles. The molecule has 1 atom stereocenters. The lowest BCUT2D eigenvalue weighted by Crippen LogP contribution is -2.17. The Bertz CT molecular complexity index is 881. The van der Waals surface area contributed by atoms with Gasteiger partial charge in [-0.1, -0.05) is 6.07 Å². The van der Waals surface area contributed by atoms with Crippen molar-refractivity contribution < 1.29 is 24.1 Å². The number of aliphatic hydroxyl groups is 1. The first-order valence-electron chi connectivity index (χ1n) is 9.91. The summed E-state index contributed by atoms with van der Waals surface area (Å²) in [7, 11) is 3.25. The quantitative estimate of drug-likeness (QED) is 0.471. The summed E-state index contributed by atoms with van der Waals surface area (Å²) < 4.78 is 21.9. The SMILES string of the molecule is COc1ccc(CCC[C@H](O)COc2ccc(OCc3ncc[nH]3)cc2)cc1OC. The Balaban J connectivity index is 1.36. The fourth-order valence-corrected chi connectivity index (χ4v) is 3.01. The van der Waals surface area contributed by atoms with Gasteiger partial charge in [-0.25, -0.2) is 4.98 Å². The van der Waals surface area contributed by atoms with Gasteiger partial charge < -0.3 is 29.0 Å². The smallest absolute Gasteiger partial charge is 0.160 e. The Morgan fingerprint density at radius 2 is 1.70 bits per heavy atom. The zero-order chi connectivity index (χ0) is 21.2. The third-order valence-corrected chi connectivity index (χ3v) is 4.65. The molecule has 0 amide bonds. The van der Waals surface area contributed by atoms with Gasteiger partial charge in [-0.15, -0.1) is 0 Å². The summed E-state index contributed by atoms with van der Waals surface area (Å²) in [5, 5.41) is 10.2. The summed E-state index contributed by atoms with van der Waals surface area (Å²) in [5.74, 6) is 3.63. The van der Waals surface area contributed by atoms with Gasteiger partial charge in [0.2, 0.25) is 0 Å². The number of hydrogen-bond acceptors (Lipinski definition) is 6. The van der Waals surface area contributed by atoms with Crippen LogP contribution in [0, 0.1) is 0 Å². The first-order valence-corrected chi connectivity index (χ1v) is 9.91. The van der Waals surface area contributed by atoms with Gasteiger partial charge in [-0.3, -0.25) is 0 Å². The molecule has 2 N–H and O–H groups in total. The van der Waals surface area contributed by atoms with Gasteiger partial charge in [-0.05, 0) is 61.2 Å². The van der Waals surface area contributed by atoms with E-state index < -0.39 is 6.10 Å². The molecule has 0 aliphatic carbocycles. The van der Waals surface area contributed by atoms with Crippen LogP contribution in [0.25, 0.3) is 0 Å². The van der Waals surface area contributed by atoms with Crippen LogP contribution in [0.4, 0.5) is 0 Å². The molecule has 0 radical (unpaired) electrons. The molecule has 30 heavy (non-hydrogen) atoms. The maximum atomic E-state index is 10.2. The van der Waals surface area contributed by atoms with Crippen LogP contribution in [0.15, 0.2) is 54.9 Å². The predicted molar refractivity (Wildman–Crippen MR) is 113 cm³/mol. The highest BCUT2D eigenvalue weighted by atomic mass is 16.5. The van der Waals surface area contributed by atoms with E-state index in [9.17, 15) is 5.11 Å². The van der Waals surface area contributed by atoms with Crippen LogP contribution in [0.3, 0.4) is 0 Å². The fraction of sp³-hybridized carbons (Fsp3) is 0.348. The van der Waals surface area contributed by atoms with E-state index in [2.05, 4.69) is 9.97 Å². The molecule has 2 aromatic carbocycles. The Labute approximate surface area is 176 Å². The van der Waals surface area contributed by atoms with Crippen LogP contribution in [-0.2, 0) is 13.0 Å². The third-order valence-electron chi connectivity index (χ3n) is 4.65. The maximum absolute atomic E-state index is 10.2. The molecule has 160 valence electrons. The number of imidazole rings is 1. The highest BCUT2D eigenvalue weighted by Crippen LogP contribution is 2.28. The summed E-state index contributed by atoms with van der Waals surface area (Å²) in [6.45, 7) is 0.629. The second kappa shape index (κ2) is 11.1. The van der Waals surface area contributed by atoms with Crippen LogP contribution in [0.5, 0.6) is 23.0 Å². The van der Waals surface area contributed by atoms with E-state index in [-0.39, 0.29) is 6.61 Å². The Morgan fingerprint density at radius 1 is 0.967 bits per heavy atom. The number of nitrogens with one attached hydrogen (secondary N) is 1. The van der Waals surface area contributed by atoms with Crippen molar-refractivity contribution in [1.29, 1.82) is 0 Å². The molecular formula is C23H28N2O5. The van der Waals surface area contributed by atoms with Crippen molar-refractivity contribution in [3.63, 3.8) is 0 Å². The van der Waals surface area contributed by atoms with Gasteiger partial charge in [0.15, 0.2) is 11.5 Å². The Hall–Kier alpha value is -3.19. The lowest BCUT2D eigenvalue weighted by Gasteiger charge is -2.13. The Morgan fingerprint density at radius 3 is 2.37 bits per heavy atom. The molecular weight excluding hydrogens is 384 g/mol. The minimum absolute atomic E-state index is 0.249. The second-order valence-electron chi connectivity index (χ2n) is 6.84. The van der Waals surface area contributed by atoms with Gasteiger partial charge in [0, 0.05) is 12.4 Å². The molecule has 0 unspecified atom stereocenters. The van der Waals surface area contributed by atoms with E-state index in [1.807, 2.05) is 42.5 Å². The van der Waals surface area contributed by atoms with E-state index in [0.717, 1.165) is 35.7 Å². The van der Waals surface area contributed by atoms with Crippen molar-refractivity contribution in [2.45, 2.75) is 32.0 Å². The lowest BCUT2D eigenvalue weighted by atomic mass is 10.1. The molecule has 1 aromatic heterocycles. The van der Waals surface area contributed by atoms with E-state index in [1.165, 1.54) is 0 Å². The van der Waals surface area contributed by atoms with Crippen LogP contribution in [0.2, 0.25) is 0 Å². The maximum Gasteiger partial charge on any atom is 0.160 e. The number of rotatable bonds is 12. The number of aromatic amines is 1. The van der Waals surface area contributed by atoms with Crippen molar-refractivity contribution in [1.82, 2.24) is 9.97 Å². The average Bonchev–Trinajstić information content (AvgIpc) is 3.30. The number of nitrogens with zero attached hydrogens (tertiary/aromatic N) is 1. The van der Waals surface area contributed by atoms with Gasteiger partial charge in [0.05, 0.1) is 20.3 Å². The molecule has 0 spiro atoms. The summed E-state index contributed by atoms with van der Waals surface area (Å²) in [4.78, 5) is 7.10. The molecule has 0 saturated carbocycles. The first kappa shape index (κ1) is 21.5. The monoisotopic (exact) mass is 412 g/mol. The van der Waals surface area contributed by atoms with Crippen LogP contribution in [0.1, 0.15) is 24.2 Å². The molecule has 7 nitrogen and oxygen atoms in total. The van der Waals surface area contributed by atoms with E-state index >= 15 is 0 Å². The van der Waals surface area contributed by atoms with Crippen molar-refractivity contribution in [2.24, 2.45) is 0 Å². The van der Waals surface area contributed by atoms with Gasteiger partial charge in [-0.2, -0.15) is 0 Å². The number of benzene rings is 2. The molecule has 7 heteroatoms. The topological polar surface area (TPSA) is 85.8 Å². The normalized spacial score (nSPS) is 11.7. The minimum Gasteiger partial charge on any atom is -0.493 e. The number of hydrogen-bond donors (Lipinski definition) is 2. The summed E-state index contributed by atoms with van der Waals surface area (Å²) in [5.41, 5.74) is 1.14. The van der Waals surface area contributed by atoms with Crippen molar-refractivity contribution in [2.75, 3.05) is 20.8 Å². The second-order valence-corrected chi connectivity index (χ2v) is 6.84. The molecule has 1 heterocycles. The third kappa shape index (κ3) is 6.42. The summed E-state index contributed by atoms with van der Waals surface area (Å²) >= 11 is 0. The number of methoxy groups -OCH3 is 2. The Kier molecular flexibility index (Phi) is 7.97. The van der Waals surface area contributed by atoms with Gasteiger partial charge in [0.1, 0.15) is 30.5 Å². The van der Waals surface area contributed by atoms with Crippen LogP contribution >= 0.6 is 0 Å². The number of ether oxygens (including phenoxy) is 4. The van der Waals surface area contributed by atoms with Gasteiger partial charge in [0.25, 0.3) is 0 Å². The highest BCUT2D eigenvalue weighted by molar-refractivity contribution is 5.42. The number of aryl methyl sites for hydroxylation is 1. The number of aromatic nitrogens is 2. The molecule has 3 aromatic rings. The van der Waals surface area contributed by atoms with Crippen LogP contribution < -0.4 is 18.9 Å².